The van der Waals surface area contributed by atoms with Crippen molar-refractivity contribution >= 4 is 48.2 Å². The van der Waals surface area contributed by atoms with Gasteiger partial charge in [-0.3, -0.25) is 0 Å². The van der Waals surface area contributed by atoms with Gasteiger partial charge in [-0.05, 0) is 28.1 Å². The quantitative estimate of drug-likeness (QED) is 0.556. The van der Waals surface area contributed by atoms with E-state index in [4.69, 9.17) is 11.6 Å². The molecule has 0 aliphatic heterocycles. The largest absolute Gasteiger partial charge is 1.00 e. The Kier molecular flexibility index (Phi) is 4.80. The molecule has 0 spiro atoms. The van der Waals surface area contributed by atoms with Crippen molar-refractivity contribution in [2.45, 2.75) is 0 Å². The fraction of sp³-hybridized carbons (Fsp3) is 0. The molecule has 0 aliphatic carbocycles. The Morgan fingerprint density at radius 2 is 1.86 bits per heavy atom. The first-order valence-corrected chi connectivity index (χ1v) is 6.93. The number of hydrogen-bond acceptors (Lipinski definition) is 1. The molecule has 0 bridgehead atoms. The maximum absolute atomic E-state index is 5.96. The van der Waals surface area contributed by atoms with E-state index < -0.39 is 0 Å². The van der Waals surface area contributed by atoms with E-state index in [-0.39, 0.29) is 12.4 Å². The fourth-order valence-electron chi connectivity index (χ4n) is 1.01. The van der Waals surface area contributed by atoms with E-state index in [9.17, 15) is 0 Å². The smallest absolute Gasteiger partial charge is 0.303 e. The second-order valence-corrected chi connectivity index (χ2v) is 5.99. The van der Waals surface area contributed by atoms with Crippen LogP contribution in [-0.4, -0.2) is 0 Å². The summed E-state index contributed by atoms with van der Waals surface area (Å²) in [4.78, 5) is 1.20. The Bertz CT molecular complexity index is 414. The Hall–Kier alpha value is 0.330. The summed E-state index contributed by atoms with van der Waals surface area (Å²) < 4.78 is 1.83. The van der Waals surface area contributed by atoms with Crippen LogP contribution in [-0.2, 0) is 0 Å². The van der Waals surface area contributed by atoms with Gasteiger partial charge in [0.05, 0.1) is 0 Å². The van der Waals surface area contributed by atoms with Crippen molar-refractivity contribution in [3.63, 3.8) is 0 Å². The van der Waals surface area contributed by atoms with E-state index in [0.717, 1.165) is 8.81 Å². The van der Waals surface area contributed by atoms with Gasteiger partial charge < -0.3 is 12.4 Å². The lowest BCUT2D eigenvalue weighted by Gasteiger charge is -1.88. The van der Waals surface area contributed by atoms with Gasteiger partial charge in [0, 0.05) is 5.56 Å². The number of halogens is 3. The second-order valence-electron chi connectivity index (χ2n) is 2.45. The minimum absolute atomic E-state index is 0. The first-order valence-electron chi connectivity index (χ1n) is 3.61. The fourth-order valence-corrected chi connectivity index (χ4v) is 4.86. The molecule has 1 aromatic carbocycles. The van der Waals surface area contributed by atoms with Crippen LogP contribution in [0.1, 0.15) is 0 Å². The molecule has 0 unspecified atom stereocenters. The third kappa shape index (κ3) is 2.47. The molecule has 0 aliphatic rings. The Labute approximate surface area is 109 Å². The number of benzene rings is 1. The Morgan fingerprint density at radius 1 is 1.21 bits per heavy atom. The molecule has 14 heavy (non-hydrogen) atoms. The van der Waals surface area contributed by atoms with Gasteiger partial charge in [0.15, 0.2) is 14.7 Å². The molecule has 74 valence electrons. The summed E-state index contributed by atoms with van der Waals surface area (Å²) in [5.41, 5.74) is 1.21. The highest BCUT2D eigenvalue weighted by atomic mass is 79.9. The lowest BCUT2D eigenvalue weighted by Crippen LogP contribution is -3.00. The normalized spacial score (nSPS) is 9.57. The molecule has 0 nitrogen and oxygen atoms in total. The van der Waals surface area contributed by atoms with Gasteiger partial charge in [0.1, 0.15) is 4.47 Å². The lowest BCUT2D eigenvalue weighted by atomic mass is 10.2. The molecule has 0 atom stereocenters. The molecular formula is C9H5BrCl2S2. The van der Waals surface area contributed by atoms with Crippen LogP contribution >= 0.6 is 48.2 Å². The molecule has 0 radical (unpaired) electrons. The summed E-state index contributed by atoms with van der Waals surface area (Å²) in [5.74, 6) is 0. The van der Waals surface area contributed by atoms with Crippen molar-refractivity contribution in [3.8, 4) is 10.4 Å². The van der Waals surface area contributed by atoms with E-state index in [1.165, 1.54) is 10.4 Å². The highest BCUT2D eigenvalue weighted by Gasteiger charge is 2.21. The van der Waals surface area contributed by atoms with Gasteiger partial charge in [-0.2, -0.15) is 0 Å². The zero-order chi connectivity index (χ0) is 9.26. The van der Waals surface area contributed by atoms with Crippen molar-refractivity contribution < 1.29 is 12.4 Å². The average molecular weight is 328 g/mol. The predicted octanol–water partition coefficient (Wildman–Crippen LogP) is 2.18. The SMILES string of the molecule is Clc1s[s+]c(-c2ccccc2)c1Br.[Cl-]. The average Bonchev–Trinajstić information content (AvgIpc) is 2.49. The van der Waals surface area contributed by atoms with Crippen molar-refractivity contribution in [1.29, 1.82) is 0 Å². The molecule has 1 aromatic heterocycles. The maximum atomic E-state index is 5.96. The van der Waals surface area contributed by atoms with Crippen molar-refractivity contribution in [1.82, 2.24) is 0 Å². The molecular weight excluding hydrogens is 323 g/mol. The molecule has 2 rings (SSSR count). The van der Waals surface area contributed by atoms with Crippen molar-refractivity contribution in [2.24, 2.45) is 0 Å². The van der Waals surface area contributed by atoms with E-state index in [2.05, 4.69) is 28.1 Å². The van der Waals surface area contributed by atoms with Crippen LogP contribution in [0.15, 0.2) is 34.8 Å². The van der Waals surface area contributed by atoms with Gasteiger partial charge in [-0.1, -0.05) is 29.8 Å². The molecule has 0 N–H and O–H groups in total. The van der Waals surface area contributed by atoms with Crippen molar-refractivity contribution in [3.05, 3.63) is 39.1 Å². The number of rotatable bonds is 1. The van der Waals surface area contributed by atoms with Crippen LogP contribution in [0.3, 0.4) is 0 Å². The molecule has 0 fully saturated rings. The first-order chi connectivity index (χ1) is 6.29. The molecule has 0 saturated heterocycles. The molecule has 1 heterocycles. The third-order valence-corrected chi connectivity index (χ3v) is 6.14. The van der Waals surface area contributed by atoms with E-state index >= 15 is 0 Å². The summed E-state index contributed by atoms with van der Waals surface area (Å²) in [5, 5.41) is 0. The summed E-state index contributed by atoms with van der Waals surface area (Å²) in [6, 6.07) is 10.2. The summed E-state index contributed by atoms with van der Waals surface area (Å²) in [6.45, 7) is 0. The molecule has 5 heteroatoms. The third-order valence-electron chi connectivity index (χ3n) is 1.61. The van der Waals surface area contributed by atoms with Gasteiger partial charge in [0.2, 0.25) is 0 Å². The van der Waals surface area contributed by atoms with E-state index in [0.29, 0.717) is 0 Å². The van der Waals surface area contributed by atoms with Crippen LogP contribution in [0, 0.1) is 0 Å². The van der Waals surface area contributed by atoms with Crippen LogP contribution in [0.2, 0.25) is 4.34 Å². The van der Waals surface area contributed by atoms with Crippen LogP contribution in [0.5, 0.6) is 0 Å². The first kappa shape index (κ1) is 12.4. The van der Waals surface area contributed by atoms with Crippen molar-refractivity contribution in [2.75, 3.05) is 0 Å². The van der Waals surface area contributed by atoms with E-state index in [1.807, 2.05) is 18.2 Å². The minimum atomic E-state index is 0. The zero-order valence-electron chi connectivity index (χ0n) is 6.84. The lowest BCUT2D eigenvalue weighted by molar-refractivity contribution is -0.00000215. The van der Waals surface area contributed by atoms with Gasteiger partial charge >= 0.3 is 10.3 Å². The van der Waals surface area contributed by atoms with Crippen LogP contribution in [0.25, 0.3) is 10.4 Å². The topological polar surface area (TPSA) is 0 Å². The van der Waals surface area contributed by atoms with Gasteiger partial charge in [-0.25, -0.2) is 0 Å². The number of hydrogen-bond donors (Lipinski definition) is 0. The highest BCUT2D eigenvalue weighted by molar-refractivity contribution is 9.10. The summed E-state index contributed by atoms with van der Waals surface area (Å²) in [7, 11) is 3.28. The van der Waals surface area contributed by atoms with E-state index in [1.54, 1.807) is 20.7 Å². The molecule has 0 amide bonds. The van der Waals surface area contributed by atoms with Crippen LogP contribution < -0.4 is 12.4 Å². The molecule has 0 saturated carbocycles. The summed E-state index contributed by atoms with van der Waals surface area (Å²) >= 11 is 9.44. The Balaban J connectivity index is 0.000000980. The van der Waals surface area contributed by atoms with Gasteiger partial charge in [-0.15, -0.1) is 0 Å². The second kappa shape index (κ2) is 5.42. The predicted molar refractivity (Wildman–Crippen MR) is 64.7 cm³/mol. The Morgan fingerprint density at radius 3 is 2.36 bits per heavy atom. The minimum Gasteiger partial charge on any atom is -1.00 e. The highest BCUT2D eigenvalue weighted by Crippen LogP contribution is 2.43. The summed E-state index contributed by atoms with van der Waals surface area (Å²) in [6.07, 6.45) is 0. The monoisotopic (exact) mass is 326 g/mol. The maximum Gasteiger partial charge on any atom is 0.303 e. The van der Waals surface area contributed by atoms with Crippen LogP contribution in [0.4, 0.5) is 0 Å². The zero-order valence-corrected chi connectivity index (χ0v) is 11.6. The standard InChI is InChI=1S/C9H5BrClS2.ClH/c10-7-8(12-13-9(7)11)6-4-2-1-3-5-6;/h1-5H;1H/q+1;/p-1. The van der Waals surface area contributed by atoms with Gasteiger partial charge in [0.25, 0.3) is 4.88 Å². The molecule has 2 aromatic rings.